The SMILES string of the molecule is CCCc1ccc(O)c(OC)c1.CCCc1ccc(OC(C)=O)c(OC)c1. The number of phenolic OH excluding ortho intramolecular Hbond substituents is 1. The lowest BCUT2D eigenvalue weighted by Crippen LogP contribution is -2.03. The van der Waals surface area contributed by atoms with Crippen LogP contribution in [0.5, 0.6) is 23.0 Å². The van der Waals surface area contributed by atoms with E-state index in [1.165, 1.54) is 18.1 Å². The zero-order chi connectivity index (χ0) is 20.2. The van der Waals surface area contributed by atoms with Gasteiger partial charge < -0.3 is 19.3 Å². The van der Waals surface area contributed by atoms with Crippen molar-refractivity contribution >= 4 is 5.97 Å². The number of esters is 1. The van der Waals surface area contributed by atoms with E-state index in [4.69, 9.17) is 14.2 Å². The van der Waals surface area contributed by atoms with E-state index < -0.39 is 0 Å². The summed E-state index contributed by atoms with van der Waals surface area (Å²) in [4.78, 5) is 10.8. The van der Waals surface area contributed by atoms with E-state index in [1.807, 2.05) is 24.3 Å². The number of rotatable bonds is 7. The third-order valence-electron chi connectivity index (χ3n) is 3.80. The largest absolute Gasteiger partial charge is 0.504 e. The molecule has 0 bridgehead atoms. The van der Waals surface area contributed by atoms with Gasteiger partial charge in [-0.3, -0.25) is 4.79 Å². The van der Waals surface area contributed by atoms with Crippen molar-refractivity contribution in [3.8, 4) is 23.0 Å². The van der Waals surface area contributed by atoms with Crippen LogP contribution in [0.2, 0.25) is 0 Å². The average molecular weight is 374 g/mol. The molecule has 0 aliphatic heterocycles. The Labute approximate surface area is 161 Å². The first kappa shape index (κ1) is 22.4. The van der Waals surface area contributed by atoms with Crippen LogP contribution in [0.1, 0.15) is 44.7 Å². The summed E-state index contributed by atoms with van der Waals surface area (Å²) in [6.07, 6.45) is 4.21. The van der Waals surface area contributed by atoms with Gasteiger partial charge in [0.2, 0.25) is 0 Å². The maximum atomic E-state index is 10.8. The lowest BCUT2D eigenvalue weighted by molar-refractivity contribution is -0.132. The molecule has 0 radical (unpaired) electrons. The first-order chi connectivity index (χ1) is 12.9. The van der Waals surface area contributed by atoms with E-state index in [1.54, 1.807) is 26.4 Å². The minimum atomic E-state index is -0.337. The number of aromatic hydroxyl groups is 1. The summed E-state index contributed by atoms with van der Waals surface area (Å²) in [5.74, 6) is 1.51. The molecule has 0 aliphatic carbocycles. The molecule has 27 heavy (non-hydrogen) atoms. The predicted molar refractivity (Wildman–Crippen MR) is 107 cm³/mol. The molecule has 0 aromatic heterocycles. The second kappa shape index (κ2) is 11.8. The number of aryl methyl sites for hydroxylation is 2. The van der Waals surface area contributed by atoms with Crippen molar-refractivity contribution in [2.45, 2.75) is 46.5 Å². The van der Waals surface area contributed by atoms with Gasteiger partial charge in [0.05, 0.1) is 14.2 Å². The molecule has 5 heteroatoms. The molecule has 0 saturated heterocycles. The molecule has 0 fully saturated rings. The standard InChI is InChI=1S/C12H16O3.C10H14O2/c1-4-5-10-6-7-11(15-9(2)13)12(8-10)14-3;1-3-4-8-5-6-9(11)10(7-8)12-2/h6-8H,4-5H2,1-3H3;5-7,11H,3-4H2,1-2H3. The van der Waals surface area contributed by atoms with Crippen LogP contribution in [0.25, 0.3) is 0 Å². The second-order valence-electron chi connectivity index (χ2n) is 6.09. The highest BCUT2D eigenvalue weighted by Gasteiger charge is 2.07. The highest BCUT2D eigenvalue weighted by molar-refractivity contribution is 5.70. The molecule has 2 aromatic carbocycles. The van der Waals surface area contributed by atoms with Gasteiger partial charge >= 0.3 is 5.97 Å². The molecule has 0 aliphatic rings. The quantitative estimate of drug-likeness (QED) is 0.550. The van der Waals surface area contributed by atoms with Crippen LogP contribution >= 0.6 is 0 Å². The minimum Gasteiger partial charge on any atom is -0.504 e. The van der Waals surface area contributed by atoms with Gasteiger partial charge in [0, 0.05) is 6.92 Å². The van der Waals surface area contributed by atoms with Crippen LogP contribution in [0, 0.1) is 0 Å². The van der Waals surface area contributed by atoms with E-state index in [9.17, 15) is 9.90 Å². The Balaban J connectivity index is 0.000000277. The van der Waals surface area contributed by atoms with Gasteiger partial charge in [-0.2, -0.15) is 0 Å². The van der Waals surface area contributed by atoms with Gasteiger partial charge in [0.1, 0.15) is 0 Å². The Bertz CT molecular complexity index is 725. The van der Waals surface area contributed by atoms with Crippen molar-refractivity contribution in [3.63, 3.8) is 0 Å². The van der Waals surface area contributed by atoms with Crippen LogP contribution < -0.4 is 14.2 Å². The fourth-order valence-electron chi connectivity index (χ4n) is 2.56. The van der Waals surface area contributed by atoms with Crippen LogP contribution in [0.3, 0.4) is 0 Å². The molecule has 0 atom stereocenters. The molecule has 2 aromatic rings. The molecule has 5 nitrogen and oxygen atoms in total. The van der Waals surface area contributed by atoms with Crippen molar-refractivity contribution in [3.05, 3.63) is 47.5 Å². The monoisotopic (exact) mass is 374 g/mol. The fourth-order valence-corrected chi connectivity index (χ4v) is 2.56. The Morgan fingerprint density at radius 3 is 1.85 bits per heavy atom. The summed E-state index contributed by atoms with van der Waals surface area (Å²) >= 11 is 0. The number of carbonyl (C=O) groups excluding carboxylic acids is 1. The molecular formula is C22H30O5. The van der Waals surface area contributed by atoms with Crippen molar-refractivity contribution < 1.29 is 24.1 Å². The van der Waals surface area contributed by atoms with Crippen molar-refractivity contribution in [1.29, 1.82) is 0 Å². The van der Waals surface area contributed by atoms with Crippen LogP contribution in [-0.4, -0.2) is 25.3 Å². The normalized spacial score (nSPS) is 9.81. The topological polar surface area (TPSA) is 65.0 Å². The maximum Gasteiger partial charge on any atom is 0.308 e. The maximum absolute atomic E-state index is 10.8. The Morgan fingerprint density at radius 2 is 1.37 bits per heavy atom. The zero-order valence-electron chi connectivity index (χ0n) is 16.9. The summed E-state index contributed by atoms with van der Waals surface area (Å²) in [6, 6.07) is 11.1. The highest BCUT2D eigenvalue weighted by atomic mass is 16.6. The number of phenols is 1. The fraction of sp³-hybridized carbons (Fsp3) is 0.409. The summed E-state index contributed by atoms with van der Waals surface area (Å²) in [5.41, 5.74) is 2.39. The molecule has 2 rings (SSSR count). The van der Waals surface area contributed by atoms with E-state index in [0.29, 0.717) is 17.2 Å². The molecule has 0 unspecified atom stereocenters. The summed E-state index contributed by atoms with van der Waals surface area (Å²) < 4.78 is 15.1. The number of ether oxygens (including phenoxy) is 3. The number of methoxy groups -OCH3 is 2. The molecule has 0 saturated carbocycles. The lowest BCUT2D eigenvalue weighted by Gasteiger charge is -2.09. The first-order valence-corrected chi connectivity index (χ1v) is 9.16. The van der Waals surface area contributed by atoms with Crippen molar-refractivity contribution in [2.75, 3.05) is 14.2 Å². The molecular weight excluding hydrogens is 344 g/mol. The molecule has 1 N–H and O–H groups in total. The van der Waals surface area contributed by atoms with E-state index >= 15 is 0 Å². The molecule has 0 heterocycles. The van der Waals surface area contributed by atoms with E-state index in [0.717, 1.165) is 25.7 Å². The Kier molecular flexibility index (Phi) is 9.80. The highest BCUT2D eigenvalue weighted by Crippen LogP contribution is 2.28. The Morgan fingerprint density at radius 1 is 0.852 bits per heavy atom. The van der Waals surface area contributed by atoms with Crippen LogP contribution in [0.4, 0.5) is 0 Å². The molecule has 0 amide bonds. The van der Waals surface area contributed by atoms with Gasteiger partial charge in [0.25, 0.3) is 0 Å². The van der Waals surface area contributed by atoms with Crippen LogP contribution in [-0.2, 0) is 17.6 Å². The van der Waals surface area contributed by atoms with Crippen LogP contribution in [0.15, 0.2) is 36.4 Å². The minimum absolute atomic E-state index is 0.206. The van der Waals surface area contributed by atoms with Crippen molar-refractivity contribution in [2.24, 2.45) is 0 Å². The second-order valence-corrected chi connectivity index (χ2v) is 6.09. The average Bonchev–Trinajstić information content (AvgIpc) is 2.65. The Hall–Kier alpha value is -2.69. The van der Waals surface area contributed by atoms with E-state index in [2.05, 4.69) is 13.8 Å². The van der Waals surface area contributed by atoms with Gasteiger partial charge in [-0.1, -0.05) is 38.8 Å². The molecule has 148 valence electrons. The third-order valence-corrected chi connectivity index (χ3v) is 3.80. The predicted octanol–water partition coefficient (Wildman–Crippen LogP) is 4.93. The lowest BCUT2D eigenvalue weighted by atomic mass is 10.1. The number of hydrogen-bond acceptors (Lipinski definition) is 5. The van der Waals surface area contributed by atoms with E-state index in [-0.39, 0.29) is 11.7 Å². The number of benzene rings is 2. The first-order valence-electron chi connectivity index (χ1n) is 9.16. The zero-order valence-corrected chi connectivity index (χ0v) is 16.9. The smallest absolute Gasteiger partial charge is 0.308 e. The summed E-state index contributed by atoms with van der Waals surface area (Å²) in [5, 5.41) is 9.28. The number of carbonyl (C=O) groups is 1. The van der Waals surface area contributed by atoms with Gasteiger partial charge in [-0.15, -0.1) is 0 Å². The van der Waals surface area contributed by atoms with Gasteiger partial charge in [-0.25, -0.2) is 0 Å². The van der Waals surface area contributed by atoms with Gasteiger partial charge in [0.15, 0.2) is 23.0 Å². The third kappa shape index (κ3) is 7.60. The number of hydrogen-bond donors (Lipinski definition) is 1. The summed E-state index contributed by atoms with van der Waals surface area (Å²) in [6.45, 7) is 5.62. The van der Waals surface area contributed by atoms with Crippen molar-refractivity contribution in [1.82, 2.24) is 0 Å². The van der Waals surface area contributed by atoms with Gasteiger partial charge in [-0.05, 0) is 48.2 Å². The molecule has 0 spiro atoms. The summed E-state index contributed by atoms with van der Waals surface area (Å²) in [7, 11) is 3.13.